The molecule has 1 heterocycles. The average molecular weight is 506 g/mol. The molecule has 1 fully saturated rings. The number of nitrogens with one attached hydrogen (secondary N) is 1. The summed E-state index contributed by atoms with van der Waals surface area (Å²) in [6.07, 6.45) is 0.652. The summed E-state index contributed by atoms with van der Waals surface area (Å²) in [5, 5.41) is 12.7. The van der Waals surface area contributed by atoms with Gasteiger partial charge in [-0.15, -0.1) is 0 Å². The number of sulfonamides is 1. The minimum absolute atomic E-state index is 0.0165. The Labute approximate surface area is 181 Å². The fraction of sp³-hybridized carbons (Fsp3) is 0.316. The summed E-state index contributed by atoms with van der Waals surface area (Å²) < 4.78 is 40.7. The quantitative estimate of drug-likeness (QED) is 0.657. The van der Waals surface area contributed by atoms with E-state index in [-0.39, 0.29) is 33.0 Å². The maximum atomic E-state index is 13.4. The van der Waals surface area contributed by atoms with E-state index in [9.17, 15) is 22.7 Å². The van der Waals surface area contributed by atoms with Crippen LogP contribution in [0.4, 0.5) is 10.1 Å². The lowest BCUT2D eigenvalue weighted by Crippen LogP contribution is -2.45. The Balaban J connectivity index is 1.85. The van der Waals surface area contributed by atoms with Crippen molar-refractivity contribution in [3.63, 3.8) is 0 Å². The van der Waals surface area contributed by atoms with Gasteiger partial charge in [-0.3, -0.25) is 4.79 Å². The molecule has 0 atom stereocenters. The van der Waals surface area contributed by atoms with E-state index in [0.29, 0.717) is 18.5 Å². The van der Waals surface area contributed by atoms with E-state index < -0.39 is 27.3 Å². The van der Waals surface area contributed by atoms with Crippen LogP contribution in [0.1, 0.15) is 30.1 Å². The highest BCUT2D eigenvalue weighted by atomic mass is 79.9. The molecule has 29 heavy (non-hydrogen) atoms. The number of amides is 1. The molecule has 1 amide bonds. The van der Waals surface area contributed by atoms with Crippen LogP contribution in [0.25, 0.3) is 0 Å². The van der Waals surface area contributed by atoms with Crippen LogP contribution in [0.15, 0.2) is 45.8 Å². The van der Waals surface area contributed by atoms with Gasteiger partial charge in [0, 0.05) is 18.8 Å². The third-order valence-electron chi connectivity index (χ3n) is 4.80. The third kappa shape index (κ3) is 4.97. The standard InChI is InChI=1S/C19H19BrClFN2O4S/c1-19(26)6-8-24(9-7-19)29(27,28)13-3-4-16(21)14(11-13)18(25)23-12-2-5-17(22)15(20)10-12/h2-5,10-11,26H,6-9H2,1H3,(H,23,25). The van der Waals surface area contributed by atoms with Gasteiger partial charge >= 0.3 is 0 Å². The molecular formula is C19H19BrClFN2O4S. The molecule has 1 saturated heterocycles. The van der Waals surface area contributed by atoms with E-state index in [1.54, 1.807) is 6.92 Å². The zero-order chi connectivity index (χ0) is 21.4. The Kier molecular flexibility index (Phi) is 6.35. The Morgan fingerprint density at radius 1 is 1.24 bits per heavy atom. The fourth-order valence-corrected chi connectivity index (χ4v) is 5.02. The summed E-state index contributed by atoms with van der Waals surface area (Å²) in [6, 6.07) is 7.87. The van der Waals surface area contributed by atoms with Crippen LogP contribution in [-0.4, -0.2) is 42.4 Å². The molecular weight excluding hydrogens is 487 g/mol. The molecule has 3 rings (SSSR count). The highest BCUT2D eigenvalue weighted by Crippen LogP contribution is 2.29. The van der Waals surface area contributed by atoms with Crippen molar-refractivity contribution in [2.75, 3.05) is 18.4 Å². The maximum absolute atomic E-state index is 13.4. The zero-order valence-electron chi connectivity index (χ0n) is 15.5. The second-order valence-electron chi connectivity index (χ2n) is 7.13. The van der Waals surface area contributed by atoms with Crippen molar-refractivity contribution in [2.45, 2.75) is 30.3 Å². The van der Waals surface area contributed by atoms with E-state index >= 15 is 0 Å². The van der Waals surface area contributed by atoms with Gasteiger partial charge in [0.05, 0.1) is 25.6 Å². The third-order valence-corrected chi connectivity index (χ3v) is 7.63. The van der Waals surface area contributed by atoms with Crippen LogP contribution in [0.3, 0.4) is 0 Å². The Morgan fingerprint density at radius 2 is 1.90 bits per heavy atom. The topological polar surface area (TPSA) is 86.7 Å². The lowest BCUT2D eigenvalue weighted by atomic mass is 9.95. The van der Waals surface area contributed by atoms with Gasteiger partial charge in [-0.2, -0.15) is 4.31 Å². The van der Waals surface area contributed by atoms with Crippen molar-refractivity contribution in [1.82, 2.24) is 4.31 Å². The average Bonchev–Trinajstić information content (AvgIpc) is 2.64. The second-order valence-corrected chi connectivity index (χ2v) is 10.3. The van der Waals surface area contributed by atoms with Crippen LogP contribution in [0.2, 0.25) is 5.02 Å². The van der Waals surface area contributed by atoms with Gasteiger partial charge in [0.15, 0.2) is 0 Å². The van der Waals surface area contributed by atoms with Crippen LogP contribution >= 0.6 is 27.5 Å². The number of anilines is 1. The summed E-state index contributed by atoms with van der Waals surface area (Å²) in [4.78, 5) is 12.6. The number of carbonyl (C=O) groups excluding carboxylic acids is 1. The first-order valence-corrected chi connectivity index (χ1v) is 11.4. The molecule has 0 unspecified atom stereocenters. The van der Waals surface area contributed by atoms with Crippen LogP contribution in [-0.2, 0) is 10.0 Å². The summed E-state index contributed by atoms with van der Waals surface area (Å²) >= 11 is 9.16. The maximum Gasteiger partial charge on any atom is 0.257 e. The lowest BCUT2D eigenvalue weighted by Gasteiger charge is -2.35. The molecule has 0 bridgehead atoms. The molecule has 0 saturated carbocycles. The van der Waals surface area contributed by atoms with Crippen molar-refractivity contribution in [3.05, 3.63) is 57.3 Å². The summed E-state index contributed by atoms with van der Waals surface area (Å²) in [6.45, 7) is 2.04. The molecule has 0 aromatic heterocycles. The lowest BCUT2D eigenvalue weighted by molar-refractivity contribution is 0.0126. The predicted molar refractivity (Wildman–Crippen MR) is 112 cm³/mol. The zero-order valence-corrected chi connectivity index (χ0v) is 18.6. The van der Waals surface area contributed by atoms with Gasteiger partial charge < -0.3 is 10.4 Å². The molecule has 1 aliphatic heterocycles. The van der Waals surface area contributed by atoms with Crippen molar-refractivity contribution in [3.8, 4) is 0 Å². The summed E-state index contributed by atoms with van der Waals surface area (Å²) in [5.74, 6) is -1.10. The molecule has 2 N–H and O–H groups in total. The number of benzene rings is 2. The molecule has 2 aromatic carbocycles. The largest absolute Gasteiger partial charge is 0.390 e. The number of rotatable bonds is 4. The number of piperidine rings is 1. The molecule has 10 heteroatoms. The molecule has 156 valence electrons. The normalized spacial score (nSPS) is 17.1. The minimum atomic E-state index is -3.84. The van der Waals surface area contributed by atoms with E-state index in [1.807, 2.05) is 0 Å². The number of hydrogen-bond donors (Lipinski definition) is 2. The first-order valence-electron chi connectivity index (χ1n) is 8.78. The van der Waals surface area contributed by atoms with E-state index in [4.69, 9.17) is 11.6 Å². The number of aliphatic hydroxyl groups is 1. The Morgan fingerprint density at radius 3 is 2.52 bits per heavy atom. The van der Waals surface area contributed by atoms with Gasteiger partial charge in [-0.25, -0.2) is 12.8 Å². The Hall–Kier alpha value is -1.52. The predicted octanol–water partition coefficient (Wildman–Crippen LogP) is 4.03. The fourth-order valence-electron chi connectivity index (χ4n) is 2.97. The minimum Gasteiger partial charge on any atom is -0.390 e. The molecule has 1 aliphatic rings. The van der Waals surface area contributed by atoms with Crippen LogP contribution in [0, 0.1) is 5.82 Å². The molecule has 0 spiro atoms. The number of nitrogens with zero attached hydrogens (tertiary/aromatic N) is 1. The summed E-state index contributed by atoms with van der Waals surface area (Å²) in [7, 11) is -3.84. The van der Waals surface area contributed by atoms with Crippen LogP contribution < -0.4 is 5.32 Å². The smallest absolute Gasteiger partial charge is 0.257 e. The molecule has 6 nitrogen and oxygen atoms in total. The molecule has 0 radical (unpaired) electrons. The van der Waals surface area contributed by atoms with Crippen molar-refractivity contribution >= 4 is 49.1 Å². The van der Waals surface area contributed by atoms with E-state index in [0.717, 1.165) is 0 Å². The van der Waals surface area contributed by atoms with Gasteiger partial charge in [0.1, 0.15) is 5.82 Å². The second kappa shape index (κ2) is 8.31. The van der Waals surface area contributed by atoms with Crippen molar-refractivity contribution in [2.24, 2.45) is 0 Å². The van der Waals surface area contributed by atoms with Gasteiger partial charge in [0.2, 0.25) is 10.0 Å². The monoisotopic (exact) mass is 504 g/mol. The number of hydrogen-bond acceptors (Lipinski definition) is 4. The van der Waals surface area contributed by atoms with Gasteiger partial charge in [0.25, 0.3) is 5.91 Å². The molecule has 2 aromatic rings. The number of halogens is 3. The Bertz CT molecular complexity index is 1050. The summed E-state index contributed by atoms with van der Waals surface area (Å²) in [5.41, 5.74) is -0.580. The SMILES string of the molecule is CC1(O)CCN(S(=O)(=O)c2ccc(Cl)c(C(=O)Nc3ccc(F)c(Br)c3)c2)CC1. The van der Waals surface area contributed by atoms with Crippen molar-refractivity contribution in [1.29, 1.82) is 0 Å². The van der Waals surface area contributed by atoms with Gasteiger partial charge in [-0.1, -0.05) is 11.6 Å². The first kappa shape index (κ1) is 22.2. The number of carbonyl (C=O) groups is 1. The first-order chi connectivity index (χ1) is 13.5. The highest BCUT2D eigenvalue weighted by Gasteiger charge is 2.34. The molecule has 0 aliphatic carbocycles. The van der Waals surface area contributed by atoms with Gasteiger partial charge in [-0.05, 0) is 72.1 Å². The highest BCUT2D eigenvalue weighted by molar-refractivity contribution is 9.10. The van der Waals surface area contributed by atoms with E-state index in [1.165, 1.54) is 40.7 Å². The van der Waals surface area contributed by atoms with Crippen molar-refractivity contribution < 1.29 is 22.7 Å². The van der Waals surface area contributed by atoms with Crippen LogP contribution in [0.5, 0.6) is 0 Å². The van der Waals surface area contributed by atoms with E-state index in [2.05, 4.69) is 21.2 Å².